The number of rotatable bonds is 5. The minimum atomic E-state index is -1.01. The molecule has 1 aliphatic heterocycles. The van der Waals surface area contributed by atoms with Gasteiger partial charge in [0.1, 0.15) is 5.75 Å². The van der Waals surface area contributed by atoms with Crippen molar-refractivity contribution in [2.75, 3.05) is 11.4 Å². The molecule has 0 bridgehead atoms. The summed E-state index contributed by atoms with van der Waals surface area (Å²) in [6.45, 7) is 10.9. The van der Waals surface area contributed by atoms with Gasteiger partial charge >= 0.3 is 0 Å². The Hall–Kier alpha value is -2.78. The van der Waals surface area contributed by atoms with Gasteiger partial charge in [-0.3, -0.25) is 4.79 Å². The first kappa shape index (κ1) is 21.5. The van der Waals surface area contributed by atoms with E-state index in [-0.39, 0.29) is 11.2 Å². The van der Waals surface area contributed by atoms with E-state index in [2.05, 4.69) is 62.1 Å². The maximum atomic E-state index is 13.4. The number of anilines is 1. The number of fused-ring (bicyclic) bond motifs is 3. The van der Waals surface area contributed by atoms with Crippen molar-refractivity contribution in [2.45, 2.75) is 45.6 Å². The van der Waals surface area contributed by atoms with Crippen LogP contribution in [0.3, 0.4) is 0 Å². The van der Waals surface area contributed by atoms with E-state index in [1.54, 1.807) is 30.3 Å². The first-order chi connectivity index (χ1) is 14.6. The number of nitrogens with zero attached hydrogens (tertiary/aromatic N) is 1. The second kappa shape index (κ2) is 7.72. The Bertz CT molecular complexity index is 1180. The van der Waals surface area contributed by atoms with Crippen molar-refractivity contribution in [3.05, 3.63) is 83.0 Å². The highest BCUT2D eigenvalue weighted by molar-refractivity contribution is 6.30. The highest BCUT2D eigenvalue weighted by Crippen LogP contribution is 2.50. The Balaban J connectivity index is 1.74. The second-order valence-electron chi connectivity index (χ2n) is 9.01. The normalized spacial score (nSPS) is 16.6. The van der Waals surface area contributed by atoms with Crippen LogP contribution in [0, 0.1) is 0 Å². The van der Waals surface area contributed by atoms with Crippen molar-refractivity contribution in [3.8, 4) is 5.75 Å². The third kappa shape index (κ3) is 3.72. The Morgan fingerprint density at radius 2 is 1.74 bits per heavy atom. The summed E-state index contributed by atoms with van der Waals surface area (Å²) in [6.07, 6.45) is 1.77. The third-order valence-electron chi connectivity index (χ3n) is 6.12. The lowest BCUT2D eigenvalue weighted by Crippen LogP contribution is -2.38. The molecule has 0 atom stereocenters. The van der Waals surface area contributed by atoms with Crippen molar-refractivity contribution in [3.63, 3.8) is 0 Å². The summed E-state index contributed by atoms with van der Waals surface area (Å²) in [5.41, 5.74) is 2.12. The molecule has 0 spiro atoms. The number of likely N-dealkylation sites (N-methyl/N-ethyl adjacent to an activating group) is 1. The number of ketones is 1. The summed E-state index contributed by atoms with van der Waals surface area (Å²) in [4.78, 5) is 15.6. The fourth-order valence-corrected chi connectivity index (χ4v) is 4.61. The van der Waals surface area contributed by atoms with E-state index in [1.807, 2.05) is 13.8 Å². The van der Waals surface area contributed by atoms with Crippen LogP contribution in [0.15, 0.2) is 72.4 Å². The number of benzene rings is 3. The molecule has 0 aromatic heterocycles. The minimum Gasteiger partial charge on any atom is -0.480 e. The lowest BCUT2D eigenvalue weighted by atomic mass is 9.80. The largest absolute Gasteiger partial charge is 0.480 e. The van der Waals surface area contributed by atoms with Gasteiger partial charge in [0.15, 0.2) is 11.4 Å². The molecular formula is C27H28ClNO2. The predicted molar refractivity (Wildman–Crippen MR) is 129 cm³/mol. The van der Waals surface area contributed by atoms with E-state index >= 15 is 0 Å². The number of carbonyl (C=O) groups excluding carboxylic acids is 1. The fourth-order valence-electron chi connectivity index (χ4n) is 4.48. The van der Waals surface area contributed by atoms with Gasteiger partial charge in [0, 0.05) is 34.4 Å². The molecule has 0 amide bonds. The average Bonchev–Trinajstić information content (AvgIpc) is 2.96. The van der Waals surface area contributed by atoms with Crippen LogP contribution in [0.1, 0.15) is 40.2 Å². The van der Waals surface area contributed by atoms with Crippen molar-refractivity contribution in [2.24, 2.45) is 0 Å². The lowest BCUT2D eigenvalue weighted by molar-refractivity contribution is -0.126. The molecule has 0 N–H and O–H groups in total. The van der Waals surface area contributed by atoms with Crippen molar-refractivity contribution >= 4 is 33.8 Å². The first-order valence-electron chi connectivity index (χ1n) is 10.7. The van der Waals surface area contributed by atoms with Gasteiger partial charge in [-0.05, 0) is 67.4 Å². The molecule has 31 heavy (non-hydrogen) atoms. The number of carbonyl (C=O) groups is 1. The van der Waals surface area contributed by atoms with Crippen LogP contribution in [-0.2, 0) is 10.2 Å². The maximum Gasteiger partial charge on any atom is 0.200 e. The Morgan fingerprint density at radius 1 is 1.06 bits per heavy atom. The zero-order valence-electron chi connectivity index (χ0n) is 18.7. The van der Waals surface area contributed by atoms with Gasteiger partial charge in [0.2, 0.25) is 0 Å². The van der Waals surface area contributed by atoms with E-state index in [0.29, 0.717) is 10.8 Å². The quantitative estimate of drug-likeness (QED) is 0.409. The SMILES string of the molecule is CCN1/C(=C\C(=O)C(C)(C)Oc2ccc(Cl)cc2)C(C)(C)c2c1ccc1ccccc21. The van der Waals surface area contributed by atoms with E-state index < -0.39 is 5.60 Å². The summed E-state index contributed by atoms with van der Waals surface area (Å²) < 4.78 is 6.04. The summed E-state index contributed by atoms with van der Waals surface area (Å²) in [7, 11) is 0. The molecule has 0 aliphatic carbocycles. The highest BCUT2D eigenvalue weighted by atomic mass is 35.5. The van der Waals surface area contributed by atoms with E-state index in [4.69, 9.17) is 16.3 Å². The average molecular weight is 434 g/mol. The zero-order chi connectivity index (χ0) is 22.4. The van der Waals surface area contributed by atoms with Gasteiger partial charge in [-0.25, -0.2) is 0 Å². The molecule has 0 radical (unpaired) electrons. The monoisotopic (exact) mass is 433 g/mol. The van der Waals surface area contributed by atoms with Crippen LogP contribution >= 0.6 is 11.6 Å². The maximum absolute atomic E-state index is 13.4. The van der Waals surface area contributed by atoms with Gasteiger partial charge in [0.05, 0.1) is 0 Å². The molecule has 4 rings (SSSR count). The van der Waals surface area contributed by atoms with Gasteiger partial charge in [0.25, 0.3) is 0 Å². The van der Waals surface area contributed by atoms with Crippen molar-refractivity contribution in [1.29, 1.82) is 0 Å². The summed E-state index contributed by atoms with van der Waals surface area (Å²) >= 11 is 5.97. The molecule has 0 saturated heterocycles. The van der Waals surface area contributed by atoms with Crippen molar-refractivity contribution < 1.29 is 9.53 Å². The summed E-state index contributed by atoms with van der Waals surface area (Å²) in [5.74, 6) is 0.551. The van der Waals surface area contributed by atoms with Crippen LogP contribution in [0.2, 0.25) is 5.02 Å². The molecule has 0 unspecified atom stereocenters. The molecule has 3 aromatic rings. The number of ether oxygens (including phenoxy) is 1. The van der Waals surface area contributed by atoms with Gasteiger partial charge in [-0.15, -0.1) is 0 Å². The van der Waals surface area contributed by atoms with Gasteiger partial charge < -0.3 is 9.64 Å². The molecule has 3 nitrogen and oxygen atoms in total. The smallest absolute Gasteiger partial charge is 0.200 e. The van der Waals surface area contributed by atoms with Crippen LogP contribution in [0.25, 0.3) is 10.8 Å². The zero-order valence-corrected chi connectivity index (χ0v) is 19.5. The molecule has 1 heterocycles. The van der Waals surface area contributed by atoms with E-state index in [0.717, 1.165) is 12.2 Å². The molecule has 1 aliphatic rings. The molecular weight excluding hydrogens is 406 g/mol. The standard InChI is InChI=1S/C27H28ClNO2/c1-6-29-22-16-11-18-9-7-8-10-21(18)25(22)26(2,3)23(29)17-24(30)27(4,5)31-20-14-12-19(28)13-15-20/h7-17H,6H2,1-5H3/b23-17-. The summed E-state index contributed by atoms with van der Waals surface area (Å²) in [5, 5.41) is 3.08. The number of allylic oxidation sites excluding steroid dienone is 1. The third-order valence-corrected chi connectivity index (χ3v) is 6.37. The Kier molecular flexibility index (Phi) is 5.35. The number of hydrogen-bond donors (Lipinski definition) is 0. The van der Waals surface area contributed by atoms with E-state index in [1.165, 1.54) is 22.0 Å². The number of halogens is 1. The first-order valence-corrected chi connectivity index (χ1v) is 11.0. The molecule has 0 saturated carbocycles. The molecule has 4 heteroatoms. The topological polar surface area (TPSA) is 29.5 Å². The highest BCUT2D eigenvalue weighted by Gasteiger charge is 2.42. The van der Waals surface area contributed by atoms with Crippen molar-refractivity contribution in [1.82, 2.24) is 0 Å². The molecule has 160 valence electrons. The van der Waals surface area contributed by atoms with Crippen LogP contribution in [0.5, 0.6) is 5.75 Å². The van der Waals surface area contributed by atoms with Crippen LogP contribution in [-0.4, -0.2) is 17.9 Å². The minimum absolute atomic E-state index is 0.0684. The second-order valence-corrected chi connectivity index (χ2v) is 9.45. The van der Waals surface area contributed by atoms with Gasteiger partial charge in [-0.2, -0.15) is 0 Å². The van der Waals surface area contributed by atoms with E-state index in [9.17, 15) is 4.79 Å². The lowest BCUT2D eigenvalue weighted by Gasteiger charge is -2.29. The predicted octanol–water partition coefficient (Wildman–Crippen LogP) is 6.92. The Labute approximate surface area is 189 Å². The number of hydrogen-bond acceptors (Lipinski definition) is 3. The van der Waals surface area contributed by atoms with Crippen LogP contribution < -0.4 is 9.64 Å². The summed E-state index contributed by atoms with van der Waals surface area (Å²) in [6, 6.07) is 19.9. The molecule has 0 fully saturated rings. The van der Waals surface area contributed by atoms with Crippen LogP contribution in [0.4, 0.5) is 5.69 Å². The Morgan fingerprint density at radius 3 is 2.42 bits per heavy atom. The molecule has 3 aromatic carbocycles. The fraction of sp³-hybridized carbons (Fsp3) is 0.296. The van der Waals surface area contributed by atoms with Gasteiger partial charge in [-0.1, -0.05) is 55.8 Å².